The molecule has 1 aromatic rings. The van der Waals surface area contributed by atoms with Crippen molar-refractivity contribution in [3.8, 4) is 0 Å². The van der Waals surface area contributed by atoms with E-state index in [9.17, 15) is 9.18 Å². The monoisotopic (exact) mass is 265 g/mol. The normalized spacial score (nSPS) is 17.8. The predicted molar refractivity (Wildman–Crippen MR) is 71.3 cm³/mol. The summed E-state index contributed by atoms with van der Waals surface area (Å²) in [5.41, 5.74) is -0.328. The number of hydrogen-bond donors (Lipinski definition) is 1. The van der Waals surface area contributed by atoms with Gasteiger partial charge < -0.3 is 4.74 Å². The van der Waals surface area contributed by atoms with E-state index < -0.39 is 5.54 Å². The molecule has 1 aliphatic carbocycles. The number of ether oxygens (including phenoxy) is 1. The highest BCUT2D eigenvalue weighted by Crippen LogP contribution is 2.26. The Kier molecular flexibility index (Phi) is 4.20. The van der Waals surface area contributed by atoms with Crippen LogP contribution < -0.4 is 5.32 Å². The lowest BCUT2D eigenvalue weighted by atomic mass is 9.92. The number of rotatable bonds is 6. The van der Waals surface area contributed by atoms with Crippen molar-refractivity contribution >= 4 is 5.97 Å². The first-order chi connectivity index (χ1) is 9.05. The maximum Gasteiger partial charge on any atom is 0.326 e. The van der Waals surface area contributed by atoms with Crippen LogP contribution in [0.15, 0.2) is 24.3 Å². The molecule has 104 valence electrons. The molecule has 2 rings (SSSR count). The summed E-state index contributed by atoms with van der Waals surface area (Å²) in [4.78, 5) is 12.1. The van der Waals surface area contributed by atoms with Gasteiger partial charge in [-0.2, -0.15) is 0 Å². The maximum absolute atomic E-state index is 13.7. The molecule has 1 atom stereocenters. The zero-order chi connectivity index (χ0) is 13.9. The highest BCUT2D eigenvalue weighted by molar-refractivity contribution is 5.81. The third-order valence-electron chi connectivity index (χ3n) is 3.33. The van der Waals surface area contributed by atoms with Crippen molar-refractivity contribution in [2.45, 2.75) is 44.7 Å². The van der Waals surface area contributed by atoms with Crippen LogP contribution in [0.5, 0.6) is 0 Å². The lowest BCUT2D eigenvalue weighted by Crippen LogP contribution is -2.53. The molecule has 0 aliphatic heterocycles. The third kappa shape index (κ3) is 3.53. The van der Waals surface area contributed by atoms with E-state index in [1.54, 1.807) is 32.0 Å². The molecule has 3 nitrogen and oxygen atoms in total. The van der Waals surface area contributed by atoms with Crippen LogP contribution in [0.4, 0.5) is 4.39 Å². The molecule has 4 heteroatoms. The van der Waals surface area contributed by atoms with Crippen LogP contribution in [0.3, 0.4) is 0 Å². The van der Waals surface area contributed by atoms with Gasteiger partial charge >= 0.3 is 5.97 Å². The minimum Gasteiger partial charge on any atom is -0.465 e. The van der Waals surface area contributed by atoms with Crippen molar-refractivity contribution in [3.63, 3.8) is 0 Å². The van der Waals surface area contributed by atoms with Gasteiger partial charge in [-0.1, -0.05) is 18.2 Å². The summed E-state index contributed by atoms with van der Waals surface area (Å²) in [5.74, 6) is -0.597. The number of nitrogens with one attached hydrogen (secondary N) is 1. The SMILES string of the molecule is CCOC(=O)C(C)(Cc1ccccc1F)NC1CC1. The van der Waals surface area contributed by atoms with Gasteiger partial charge in [0.15, 0.2) is 0 Å². The fraction of sp³-hybridized carbons (Fsp3) is 0.533. The molecule has 1 aromatic carbocycles. The summed E-state index contributed by atoms with van der Waals surface area (Å²) in [6.07, 6.45) is 2.42. The smallest absolute Gasteiger partial charge is 0.326 e. The molecular formula is C15H20FNO2. The lowest BCUT2D eigenvalue weighted by molar-refractivity contribution is -0.150. The van der Waals surface area contributed by atoms with Crippen LogP contribution in [-0.2, 0) is 16.0 Å². The van der Waals surface area contributed by atoms with Gasteiger partial charge in [0.05, 0.1) is 6.61 Å². The van der Waals surface area contributed by atoms with Crippen molar-refractivity contribution in [2.75, 3.05) is 6.61 Å². The van der Waals surface area contributed by atoms with Crippen LogP contribution in [0.1, 0.15) is 32.3 Å². The van der Waals surface area contributed by atoms with Crippen molar-refractivity contribution in [2.24, 2.45) is 0 Å². The van der Waals surface area contributed by atoms with Crippen molar-refractivity contribution in [1.82, 2.24) is 5.32 Å². The Morgan fingerprint density at radius 2 is 2.16 bits per heavy atom. The summed E-state index contributed by atoms with van der Waals surface area (Å²) >= 11 is 0. The van der Waals surface area contributed by atoms with Crippen molar-refractivity contribution < 1.29 is 13.9 Å². The molecule has 1 unspecified atom stereocenters. The third-order valence-corrected chi connectivity index (χ3v) is 3.33. The van der Waals surface area contributed by atoms with Gasteiger partial charge in [-0.25, -0.2) is 4.39 Å². The second kappa shape index (κ2) is 5.70. The van der Waals surface area contributed by atoms with E-state index in [4.69, 9.17) is 4.74 Å². The first kappa shape index (κ1) is 14.0. The fourth-order valence-electron chi connectivity index (χ4n) is 2.17. The molecular weight excluding hydrogens is 245 g/mol. The molecule has 0 heterocycles. The highest BCUT2D eigenvalue weighted by atomic mass is 19.1. The quantitative estimate of drug-likeness (QED) is 0.803. The summed E-state index contributed by atoms with van der Waals surface area (Å²) in [6, 6.07) is 6.90. The molecule has 0 amide bonds. The van der Waals surface area contributed by atoms with Crippen LogP contribution in [0, 0.1) is 5.82 Å². The number of halogens is 1. The van der Waals surface area contributed by atoms with Gasteiger partial charge in [0, 0.05) is 12.5 Å². The maximum atomic E-state index is 13.7. The van der Waals surface area contributed by atoms with E-state index in [0.717, 1.165) is 12.8 Å². The number of benzene rings is 1. The van der Waals surface area contributed by atoms with E-state index in [1.807, 2.05) is 0 Å². The first-order valence-electron chi connectivity index (χ1n) is 6.73. The second-order valence-electron chi connectivity index (χ2n) is 5.24. The van der Waals surface area contributed by atoms with Gasteiger partial charge in [-0.05, 0) is 38.3 Å². The van der Waals surface area contributed by atoms with Crippen LogP contribution >= 0.6 is 0 Å². The van der Waals surface area contributed by atoms with Crippen molar-refractivity contribution in [3.05, 3.63) is 35.6 Å². The zero-order valence-corrected chi connectivity index (χ0v) is 11.4. The van der Waals surface area contributed by atoms with Gasteiger partial charge in [-0.15, -0.1) is 0 Å². The molecule has 1 fully saturated rings. The number of carbonyl (C=O) groups excluding carboxylic acids is 1. The van der Waals surface area contributed by atoms with Crippen LogP contribution in [0.2, 0.25) is 0 Å². The largest absolute Gasteiger partial charge is 0.465 e. The Labute approximate surface area is 113 Å². The number of carbonyl (C=O) groups is 1. The van der Waals surface area contributed by atoms with Crippen LogP contribution in [-0.4, -0.2) is 24.2 Å². The van der Waals surface area contributed by atoms with Gasteiger partial charge in [-0.3, -0.25) is 10.1 Å². The average Bonchev–Trinajstić information content (AvgIpc) is 3.16. The van der Waals surface area contributed by atoms with E-state index >= 15 is 0 Å². The molecule has 19 heavy (non-hydrogen) atoms. The van der Waals surface area contributed by atoms with Crippen molar-refractivity contribution in [1.29, 1.82) is 0 Å². The lowest BCUT2D eigenvalue weighted by Gasteiger charge is -2.29. The fourth-order valence-corrected chi connectivity index (χ4v) is 2.17. The molecule has 1 aliphatic rings. The Morgan fingerprint density at radius 1 is 1.47 bits per heavy atom. The number of esters is 1. The highest BCUT2D eigenvalue weighted by Gasteiger charge is 2.40. The number of hydrogen-bond acceptors (Lipinski definition) is 3. The Hall–Kier alpha value is -1.42. The first-order valence-corrected chi connectivity index (χ1v) is 6.73. The van der Waals surface area contributed by atoms with E-state index in [1.165, 1.54) is 6.07 Å². The predicted octanol–water partition coefficient (Wildman–Crippen LogP) is 2.44. The van der Waals surface area contributed by atoms with Gasteiger partial charge in [0.2, 0.25) is 0 Å². The summed E-state index contributed by atoms with van der Waals surface area (Å²) in [5, 5.41) is 3.29. The zero-order valence-electron chi connectivity index (χ0n) is 11.4. The summed E-state index contributed by atoms with van der Waals surface area (Å²) in [7, 11) is 0. The summed E-state index contributed by atoms with van der Waals surface area (Å²) in [6.45, 7) is 3.90. The minimum atomic E-state index is -0.862. The standard InChI is InChI=1S/C15H20FNO2/c1-3-19-14(18)15(2,17-12-8-9-12)10-11-6-4-5-7-13(11)16/h4-7,12,17H,3,8-10H2,1-2H3. The second-order valence-corrected chi connectivity index (χ2v) is 5.24. The molecule has 0 radical (unpaired) electrons. The molecule has 1 saturated carbocycles. The molecule has 1 N–H and O–H groups in total. The van der Waals surface area contributed by atoms with E-state index in [0.29, 0.717) is 24.6 Å². The summed E-state index contributed by atoms with van der Waals surface area (Å²) < 4.78 is 18.9. The average molecular weight is 265 g/mol. The molecule has 0 spiro atoms. The minimum absolute atomic E-state index is 0.282. The topological polar surface area (TPSA) is 38.3 Å². The van der Waals surface area contributed by atoms with Gasteiger partial charge in [0.25, 0.3) is 0 Å². The van der Waals surface area contributed by atoms with E-state index in [2.05, 4.69) is 5.32 Å². The molecule has 0 aromatic heterocycles. The Morgan fingerprint density at radius 3 is 2.74 bits per heavy atom. The Balaban J connectivity index is 2.17. The van der Waals surface area contributed by atoms with Gasteiger partial charge in [0.1, 0.15) is 11.4 Å². The Bertz CT molecular complexity index is 459. The van der Waals surface area contributed by atoms with E-state index in [-0.39, 0.29) is 11.8 Å². The molecule has 0 bridgehead atoms. The van der Waals surface area contributed by atoms with Crippen LogP contribution in [0.25, 0.3) is 0 Å². The molecule has 0 saturated heterocycles.